The van der Waals surface area contributed by atoms with Crippen molar-refractivity contribution in [2.75, 3.05) is 5.75 Å². The fraction of sp³-hybridized carbons (Fsp3) is 0.267. The zero-order valence-electron chi connectivity index (χ0n) is 12.2. The van der Waals surface area contributed by atoms with Crippen molar-refractivity contribution in [2.24, 2.45) is 0 Å². The third-order valence-electron chi connectivity index (χ3n) is 3.84. The van der Waals surface area contributed by atoms with E-state index in [1.54, 1.807) is 36.5 Å². The van der Waals surface area contributed by atoms with Gasteiger partial charge < -0.3 is 19.6 Å². The lowest BCUT2D eigenvalue weighted by atomic mass is 10.1. The molecule has 2 heterocycles. The van der Waals surface area contributed by atoms with Crippen molar-refractivity contribution in [2.45, 2.75) is 18.3 Å². The van der Waals surface area contributed by atoms with Gasteiger partial charge in [-0.25, -0.2) is 0 Å². The van der Waals surface area contributed by atoms with Crippen LogP contribution in [0.4, 0.5) is 5.69 Å². The Labute approximate surface area is 135 Å². The summed E-state index contributed by atoms with van der Waals surface area (Å²) in [5.41, 5.74) is 1.23. The van der Waals surface area contributed by atoms with Gasteiger partial charge in [0.05, 0.1) is 10.7 Å². The van der Waals surface area contributed by atoms with E-state index in [0.717, 1.165) is 0 Å². The van der Waals surface area contributed by atoms with E-state index in [1.165, 1.54) is 17.8 Å². The van der Waals surface area contributed by atoms with Crippen LogP contribution in [0.15, 0.2) is 34.7 Å². The number of nitro groups is 1. The number of carboxylic acid groups (broad SMARTS) is 1. The Bertz CT molecular complexity index is 773. The van der Waals surface area contributed by atoms with Gasteiger partial charge in [-0.15, -0.1) is 0 Å². The Hall–Kier alpha value is -2.32. The predicted octanol–water partition coefficient (Wildman–Crippen LogP) is 0.591. The molecule has 1 saturated heterocycles. The molecule has 0 bridgehead atoms. The molecule has 0 amide bonds. The summed E-state index contributed by atoms with van der Waals surface area (Å²) in [4.78, 5) is 21.5. The Morgan fingerprint density at radius 2 is 2.17 bits per heavy atom. The lowest BCUT2D eigenvalue weighted by molar-refractivity contribution is -0.691. The molecule has 2 unspecified atom stereocenters. The van der Waals surface area contributed by atoms with Crippen LogP contribution in [0.25, 0.3) is 11.3 Å². The zero-order valence-corrected chi connectivity index (χ0v) is 13.0. The maximum Gasteiger partial charge on any atom is 0.273 e. The minimum atomic E-state index is -1.08. The number of hydrogen-bond acceptors (Lipinski definition) is 6. The smallest absolute Gasteiger partial charge is 0.273 e. The molecule has 23 heavy (non-hydrogen) atoms. The van der Waals surface area contributed by atoms with Crippen LogP contribution in [0.3, 0.4) is 0 Å². The fourth-order valence-electron chi connectivity index (χ4n) is 2.59. The predicted molar refractivity (Wildman–Crippen MR) is 81.5 cm³/mol. The molecule has 0 radical (unpaired) electrons. The van der Waals surface area contributed by atoms with Crippen molar-refractivity contribution in [1.29, 1.82) is 0 Å². The van der Waals surface area contributed by atoms with E-state index in [1.807, 2.05) is 0 Å². The number of carbonyl (C=O) groups is 1. The standard InChI is InChI=1S/C15H14N2O5S/c1-8-9(3-2-4-11(8)17(20)21)12-5-6-13(22-12)14-16-10(7-23-14)15(18)19/h2-6,10,14,16H,7H2,1H3,(H,18,19). The maximum atomic E-state index is 11.0. The highest BCUT2D eigenvalue weighted by molar-refractivity contribution is 7.99. The highest BCUT2D eigenvalue weighted by Crippen LogP contribution is 2.34. The minimum Gasteiger partial charge on any atom is -0.544 e. The lowest BCUT2D eigenvalue weighted by Crippen LogP contribution is -2.90. The SMILES string of the molecule is Cc1c(-c2ccc(C3[NH2+]C(C(=O)[O-])CS3)o2)cccc1[N+](=O)[O-]. The molecule has 7 nitrogen and oxygen atoms in total. The molecular formula is C15H14N2O5S. The number of carboxylic acids is 1. The molecule has 0 aliphatic carbocycles. The van der Waals surface area contributed by atoms with E-state index in [0.29, 0.717) is 28.4 Å². The van der Waals surface area contributed by atoms with Gasteiger partial charge in [-0.2, -0.15) is 0 Å². The molecule has 1 aliphatic heterocycles. The molecule has 2 atom stereocenters. The molecule has 1 fully saturated rings. The first-order valence-electron chi connectivity index (χ1n) is 6.99. The number of nitrogens with two attached hydrogens (primary N) is 1. The third kappa shape index (κ3) is 2.95. The number of thioether (sulfide) groups is 1. The van der Waals surface area contributed by atoms with E-state index >= 15 is 0 Å². The average Bonchev–Trinajstić information content (AvgIpc) is 3.16. The van der Waals surface area contributed by atoms with Gasteiger partial charge in [-0.05, 0) is 19.1 Å². The largest absolute Gasteiger partial charge is 0.544 e. The fourth-order valence-corrected chi connectivity index (χ4v) is 3.85. The summed E-state index contributed by atoms with van der Waals surface area (Å²) < 4.78 is 5.81. The van der Waals surface area contributed by atoms with Crippen LogP contribution in [0.2, 0.25) is 0 Å². The summed E-state index contributed by atoms with van der Waals surface area (Å²) in [7, 11) is 0. The van der Waals surface area contributed by atoms with Crippen molar-refractivity contribution in [1.82, 2.24) is 0 Å². The molecule has 1 aliphatic rings. The van der Waals surface area contributed by atoms with Crippen LogP contribution in [-0.2, 0) is 4.79 Å². The molecule has 3 rings (SSSR count). The average molecular weight is 334 g/mol. The highest BCUT2D eigenvalue weighted by Gasteiger charge is 2.33. The Morgan fingerprint density at radius 3 is 2.83 bits per heavy atom. The molecule has 1 aromatic heterocycles. The van der Waals surface area contributed by atoms with Crippen LogP contribution in [0.1, 0.15) is 16.7 Å². The molecule has 0 spiro atoms. The number of hydrogen-bond donors (Lipinski definition) is 1. The van der Waals surface area contributed by atoms with Crippen LogP contribution in [0, 0.1) is 17.0 Å². The number of nitro benzene ring substituents is 1. The summed E-state index contributed by atoms with van der Waals surface area (Å²) in [6.45, 7) is 1.68. The quantitative estimate of drug-likeness (QED) is 0.647. The molecule has 2 N–H and O–H groups in total. The minimum absolute atomic E-state index is 0.0410. The molecular weight excluding hydrogens is 320 g/mol. The Kier molecular flexibility index (Phi) is 4.10. The molecule has 1 aromatic carbocycles. The van der Waals surface area contributed by atoms with Gasteiger partial charge in [0.15, 0.2) is 11.1 Å². The number of quaternary nitrogens is 1. The van der Waals surface area contributed by atoms with Crippen molar-refractivity contribution < 1.29 is 24.6 Å². The lowest BCUT2D eigenvalue weighted by Gasteiger charge is -2.09. The first kappa shape index (κ1) is 15.6. The maximum absolute atomic E-state index is 11.0. The van der Waals surface area contributed by atoms with E-state index in [2.05, 4.69) is 0 Å². The van der Waals surface area contributed by atoms with Crippen LogP contribution in [-0.4, -0.2) is 22.7 Å². The molecule has 120 valence electrons. The van der Waals surface area contributed by atoms with Gasteiger partial charge in [0.25, 0.3) is 5.69 Å². The summed E-state index contributed by atoms with van der Waals surface area (Å²) in [6.07, 6.45) is 0. The van der Waals surface area contributed by atoms with Gasteiger partial charge >= 0.3 is 0 Å². The van der Waals surface area contributed by atoms with Crippen molar-refractivity contribution >= 4 is 23.4 Å². The highest BCUT2D eigenvalue weighted by atomic mass is 32.2. The topological polar surface area (TPSA) is 113 Å². The number of aliphatic carboxylic acids is 1. The summed E-state index contributed by atoms with van der Waals surface area (Å²) in [5.74, 6) is 0.548. The van der Waals surface area contributed by atoms with Crippen molar-refractivity contribution in [3.05, 3.63) is 51.8 Å². The van der Waals surface area contributed by atoms with E-state index < -0.39 is 16.9 Å². The third-order valence-corrected chi connectivity index (χ3v) is 5.14. The van der Waals surface area contributed by atoms with Crippen molar-refractivity contribution in [3.63, 3.8) is 0 Å². The van der Waals surface area contributed by atoms with Gasteiger partial charge in [0.2, 0.25) is 0 Å². The normalized spacial score (nSPS) is 20.6. The first-order valence-corrected chi connectivity index (χ1v) is 8.04. The molecule has 2 aromatic rings. The Morgan fingerprint density at radius 1 is 1.39 bits per heavy atom. The van der Waals surface area contributed by atoms with Gasteiger partial charge in [0, 0.05) is 17.2 Å². The first-order chi connectivity index (χ1) is 11.0. The monoisotopic (exact) mass is 334 g/mol. The number of rotatable bonds is 4. The van der Waals surface area contributed by atoms with Crippen LogP contribution < -0.4 is 10.4 Å². The van der Waals surface area contributed by atoms with Crippen LogP contribution in [0.5, 0.6) is 0 Å². The number of benzene rings is 1. The van der Waals surface area contributed by atoms with E-state index in [-0.39, 0.29) is 11.1 Å². The number of nitrogens with zero attached hydrogens (tertiary/aromatic N) is 1. The second kappa shape index (κ2) is 6.05. The van der Waals surface area contributed by atoms with Gasteiger partial charge in [-0.3, -0.25) is 10.1 Å². The second-order valence-corrected chi connectivity index (χ2v) is 6.46. The summed E-state index contributed by atoms with van der Waals surface area (Å²) in [5, 5.41) is 23.5. The second-order valence-electron chi connectivity index (χ2n) is 5.28. The van der Waals surface area contributed by atoms with Gasteiger partial charge in [0.1, 0.15) is 17.8 Å². The number of carbonyl (C=O) groups excluding carboxylic acids is 1. The van der Waals surface area contributed by atoms with Gasteiger partial charge in [-0.1, -0.05) is 23.9 Å². The summed E-state index contributed by atoms with van der Waals surface area (Å²) >= 11 is 1.47. The zero-order chi connectivity index (χ0) is 16.6. The Balaban J connectivity index is 1.87. The van der Waals surface area contributed by atoms with E-state index in [4.69, 9.17) is 4.42 Å². The molecule has 0 saturated carbocycles. The molecule has 8 heteroatoms. The van der Waals surface area contributed by atoms with Crippen LogP contribution >= 0.6 is 11.8 Å². The van der Waals surface area contributed by atoms with Crippen molar-refractivity contribution in [3.8, 4) is 11.3 Å². The number of furan rings is 1. The summed E-state index contributed by atoms with van der Waals surface area (Å²) in [6, 6.07) is 7.78. The van der Waals surface area contributed by atoms with E-state index in [9.17, 15) is 20.0 Å².